The third kappa shape index (κ3) is 1.43. The Labute approximate surface area is 89.8 Å². The van der Waals surface area contributed by atoms with Crippen molar-refractivity contribution in [3.63, 3.8) is 0 Å². The van der Waals surface area contributed by atoms with E-state index in [9.17, 15) is 0 Å². The van der Waals surface area contributed by atoms with Gasteiger partial charge >= 0.3 is 0 Å². The maximum absolute atomic E-state index is 5.94. The second-order valence-electron chi connectivity index (χ2n) is 4.87. The summed E-state index contributed by atoms with van der Waals surface area (Å²) in [5.41, 5.74) is 7.18. The topological polar surface area (TPSA) is 56.7 Å². The normalized spacial score (nSPS) is 23.2. The number of anilines is 1. The molecule has 2 fully saturated rings. The van der Waals surface area contributed by atoms with Gasteiger partial charge in [-0.15, -0.1) is 5.10 Å². The quantitative estimate of drug-likeness (QED) is 0.807. The molecule has 2 N–H and O–H groups in total. The Bertz CT molecular complexity index is 347. The summed E-state index contributed by atoms with van der Waals surface area (Å²) in [6.45, 7) is 0. The minimum absolute atomic E-state index is 0.588. The second-order valence-corrected chi connectivity index (χ2v) is 4.87. The van der Waals surface area contributed by atoms with Crippen molar-refractivity contribution >= 4 is 5.82 Å². The minimum atomic E-state index is 0.588. The molecule has 0 aromatic carbocycles. The van der Waals surface area contributed by atoms with Crippen LogP contribution in [0.4, 0.5) is 5.82 Å². The fourth-order valence-corrected chi connectivity index (χ4v) is 2.81. The molecule has 3 rings (SSSR count). The van der Waals surface area contributed by atoms with E-state index < -0.39 is 0 Å². The van der Waals surface area contributed by atoms with Crippen LogP contribution in [0, 0.1) is 0 Å². The molecule has 4 heteroatoms. The monoisotopic (exact) mass is 206 g/mol. The van der Waals surface area contributed by atoms with Gasteiger partial charge < -0.3 is 5.73 Å². The molecule has 2 aliphatic carbocycles. The molecular weight excluding hydrogens is 188 g/mol. The lowest BCUT2D eigenvalue weighted by molar-refractivity contribution is 0.274. The Morgan fingerprint density at radius 1 is 1.07 bits per heavy atom. The molecule has 0 atom stereocenters. The van der Waals surface area contributed by atoms with E-state index in [4.69, 9.17) is 5.73 Å². The van der Waals surface area contributed by atoms with Crippen molar-refractivity contribution in [1.29, 1.82) is 0 Å². The lowest BCUT2D eigenvalue weighted by Gasteiger charge is -2.28. The predicted octanol–water partition coefficient (Wildman–Crippen LogP) is 2.24. The van der Waals surface area contributed by atoms with Gasteiger partial charge in [0.2, 0.25) is 0 Å². The van der Waals surface area contributed by atoms with Crippen LogP contribution < -0.4 is 5.73 Å². The van der Waals surface area contributed by atoms with Gasteiger partial charge in [0.1, 0.15) is 0 Å². The first kappa shape index (κ1) is 9.19. The fourth-order valence-electron chi connectivity index (χ4n) is 2.81. The highest BCUT2D eigenvalue weighted by Crippen LogP contribution is 2.40. The SMILES string of the molecule is Nc1nnn(C2CCC2)c1C1CCCC1. The smallest absolute Gasteiger partial charge is 0.169 e. The molecule has 2 saturated carbocycles. The molecule has 0 aliphatic heterocycles. The number of rotatable bonds is 2. The molecule has 82 valence electrons. The third-order valence-corrected chi connectivity index (χ3v) is 3.92. The van der Waals surface area contributed by atoms with Crippen molar-refractivity contribution < 1.29 is 0 Å². The van der Waals surface area contributed by atoms with Gasteiger partial charge in [0, 0.05) is 5.92 Å². The van der Waals surface area contributed by atoms with Gasteiger partial charge in [-0.2, -0.15) is 0 Å². The van der Waals surface area contributed by atoms with Crippen LogP contribution in [0.3, 0.4) is 0 Å². The molecule has 0 saturated heterocycles. The fraction of sp³-hybridized carbons (Fsp3) is 0.818. The number of nitrogen functional groups attached to an aromatic ring is 1. The Morgan fingerprint density at radius 2 is 1.80 bits per heavy atom. The summed E-state index contributed by atoms with van der Waals surface area (Å²) in [5, 5.41) is 8.28. The van der Waals surface area contributed by atoms with Crippen molar-refractivity contribution in [2.24, 2.45) is 0 Å². The summed E-state index contributed by atoms with van der Waals surface area (Å²) in [4.78, 5) is 0. The number of nitrogens with two attached hydrogens (primary N) is 1. The Hall–Kier alpha value is -1.06. The van der Waals surface area contributed by atoms with Crippen LogP contribution in [-0.4, -0.2) is 15.0 Å². The van der Waals surface area contributed by atoms with Gasteiger partial charge in [0.25, 0.3) is 0 Å². The van der Waals surface area contributed by atoms with Crippen molar-refractivity contribution in [2.75, 3.05) is 5.73 Å². The van der Waals surface area contributed by atoms with Crippen LogP contribution in [0.15, 0.2) is 0 Å². The summed E-state index contributed by atoms with van der Waals surface area (Å²) < 4.78 is 2.12. The zero-order valence-corrected chi connectivity index (χ0v) is 9.02. The van der Waals surface area contributed by atoms with Gasteiger partial charge in [-0.1, -0.05) is 18.1 Å². The second kappa shape index (κ2) is 3.51. The van der Waals surface area contributed by atoms with E-state index in [1.54, 1.807) is 0 Å². The largest absolute Gasteiger partial charge is 0.381 e. The van der Waals surface area contributed by atoms with Crippen molar-refractivity contribution in [1.82, 2.24) is 15.0 Å². The number of hydrogen-bond acceptors (Lipinski definition) is 3. The van der Waals surface area contributed by atoms with Crippen LogP contribution in [0.5, 0.6) is 0 Å². The number of nitrogens with zero attached hydrogens (tertiary/aromatic N) is 3. The highest BCUT2D eigenvalue weighted by molar-refractivity contribution is 5.36. The first-order chi connectivity index (χ1) is 7.36. The van der Waals surface area contributed by atoms with Crippen LogP contribution in [-0.2, 0) is 0 Å². The molecular formula is C11H18N4. The molecule has 15 heavy (non-hydrogen) atoms. The maximum atomic E-state index is 5.94. The molecule has 1 aromatic rings. The van der Waals surface area contributed by atoms with Crippen molar-refractivity contribution in [3.05, 3.63) is 5.69 Å². The molecule has 0 bridgehead atoms. The average molecular weight is 206 g/mol. The van der Waals surface area contributed by atoms with E-state index in [-0.39, 0.29) is 0 Å². The summed E-state index contributed by atoms with van der Waals surface area (Å²) >= 11 is 0. The van der Waals surface area contributed by atoms with Crippen LogP contribution in [0.25, 0.3) is 0 Å². The summed E-state index contributed by atoms with van der Waals surface area (Å²) in [5.74, 6) is 1.30. The van der Waals surface area contributed by atoms with Gasteiger partial charge in [0.15, 0.2) is 5.82 Å². The zero-order valence-electron chi connectivity index (χ0n) is 9.02. The lowest BCUT2D eigenvalue weighted by atomic mass is 9.92. The molecule has 4 nitrogen and oxygen atoms in total. The number of aromatic nitrogens is 3. The van der Waals surface area contributed by atoms with E-state index >= 15 is 0 Å². The molecule has 1 heterocycles. The number of hydrogen-bond donors (Lipinski definition) is 1. The highest BCUT2D eigenvalue weighted by atomic mass is 15.5. The van der Waals surface area contributed by atoms with E-state index in [0.717, 1.165) is 0 Å². The van der Waals surface area contributed by atoms with E-state index in [0.29, 0.717) is 17.8 Å². The molecule has 0 radical (unpaired) electrons. The Morgan fingerprint density at radius 3 is 2.40 bits per heavy atom. The van der Waals surface area contributed by atoms with E-state index in [2.05, 4.69) is 15.0 Å². The summed E-state index contributed by atoms with van der Waals surface area (Å²) in [6, 6.07) is 0.588. The molecule has 2 aliphatic rings. The zero-order chi connectivity index (χ0) is 10.3. The summed E-state index contributed by atoms with van der Waals surface area (Å²) in [7, 11) is 0. The Kier molecular flexibility index (Phi) is 2.15. The molecule has 1 aromatic heterocycles. The highest BCUT2D eigenvalue weighted by Gasteiger charge is 2.29. The van der Waals surface area contributed by atoms with Crippen molar-refractivity contribution in [3.8, 4) is 0 Å². The minimum Gasteiger partial charge on any atom is -0.381 e. The van der Waals surface area contributed by atoms with E-state index in [1.807, 2.05) is 0 Å². The van der Waals surface area contributed by atoms with Gasteiger partial charge in [0.05, 0.1) is 11.7 Å². The standard InChI is InChI=1S/C11H18N4/c12-11-10(8-4-1-2-5-8)15(14-13-11)9-6-3-7-9/h8-9H,1-7,12H2. The van der Waals surface area contributed by atoms with E-state index in [1.165, 1.54) is 50.6 Å². The Balaban J connectivity index is 1.92. The van der Waals surface area contributed by atoms with Crippen LogP contribution in [0.1, 0.15) is 62.6 Å². The predicted molar refractivity (Wildman–Crippen MR) is 58.5 cm³/mol. The third-order valence-electron chi connectivity index (χ3n) is 3.92. The first-order valence-electron chi connectivity index (χ1n) is 6.07. The lowest BCUT2D eigenvalue weighted by Crippen LogP contribution is -2.21. The molecule has 0 unspecified atom stereocenters. The first-order valence-corrected chi connectivity index (χ1v) is 6.07. The molecule has 0 amide bonds. The van der Waals surface area contributed by atoms with Gasteiger partial charge in [-0.3, -0.25) is 0 Å². The summed E-state index contributed by atoms with van der Waals surface area (Å²) in [6.07, 6.45) is 9.04. The van der Waals surface area contributed by atoms with Gasteiger partial charge in [-0.25, -0.2) is 4.68 Å². The average Bonchev–Trinajstić information content (AvgIpc) is 2.72. The maximum Gasteiger partial charge on any atom is 0.169 e. The van der Waals surface area contributed by atoms with Gasteiger partial charge in [-0.05, 0) is 32.1 Å². The van der Waals surface area contributed by atoms with Crippen molar-refractivity contribution in [2.45, 2.75) is 56.9 Å². The van der Waals surface area contributed by atoms with Crippen LogP contribution >= 0.6 is 0 Å². The van der Waals surface area contributed by atoms with Crippen LogP contribution in [0.2, 0.25) is 0 Å². The molecule has 0 spiro atoms.